The third-order valence-corrected chi connectivity index (χ3v) is 3.85. The molecule has 100 valence electrons. The van der Waals surface area contributed by atoms with Crippen molar-refractivity contribution in [2.45, 2.75) is 19.3 Å². The van der Waals surface area contributed by atoms with Gasteiger partial charge in [-0.25, -0.2) is 4.39 Å². The zero-order valence-electron chi connectivity index (χ0n) is 10.3. The molecular formula is C13H16Br2FNO. The van der Waals surface area contributed by atoms with Gasteiger partial charge in [-0.15, -0.1) is 0 Å². The standard InChI is InChI=1S/C13H16Br2FNO/c1-17(8-4-2-3-7-14)13(18)11-6-5-10(16)9-12(11)15/h5-6,9H,2-4,7-8H2,1H3. The lowest BCUT2D eigenvalue weighted by Gasteiger charge is -2.17. The molecule has 0 aliphatic carbocycles. The highest BCUT2D eigenvalue weighted by Gasteiger charge is 2.14. The Kier molecular flexibility index (Phi) is 6.86. The number of hydrogen-bond donors (Lipinski definition) is 0. The summed E-state index contributed by atoms with van der Waals surface area (Å²) in [7, 11) is 1.77. The van der Waals surface area contributed by atoms with E-state index in [0.29, 0.717) is 10.0 Å². The van der Waals surface area contributed by atoms with Crippen molar-refractivity contribution in [3.05, 3.63) is 34.1 Å². The summed E-state index contributed by atoms with van der Waals surface area (Å²) >= 11 is 6.59. The molecule has 0 N–H and O–H groups in total. The van der Waals surface area contributed by atoms with E-state index in [-0.39, 0.29) is 11.7 Å². The number of amides is 1. The highest BCUT2D eigenvalue weighted by molar-refractivity contribution is 9.10. The van der Waals surface area contributed by atoms with E-state index in [9.17, 15) is 9.18 Å². The molecule has 0 aliphatic heterocycles. The molecule has 1 aromatic carbocycles. The molecule has 0 atom stereocenters. The quantitative estimate of drug-likeness (QED) is 0.534. The number of benzene rings is 1. The van der Waals surface area contributed by atoms with Crippen molar-refractivity contribution in [2.75, 3.05) is 18.9 Å². The molecule has 0 saturated carbocycles. The summed E-state index contributed by atoms with van der Waals surface area (Å²) in [6.45, 7) is 0.718. The van der Waals surface area contributed by atoms with Crippen LogP contribution in [0.1, 0.15) is 29.6 Å². The number of hydrogen-bond acceptors (Lipinski definition) is 1. The molecule has 1 rings (SSSR count). The van der Waals surface area contributed by atoms with E-state index in [2.05, 4.69) is 31.9 Å². The van der Waals surface area contributed by atoms with Crippen molar-refractivity contribution in [1.29, 1.82) is 0 Å². The monoisotopic (exact) mass is 379 g/mol. The first-order chi connectivity index (χ1) is 8.56. The molecule has 0 fully saturated rings. The second-order valence-corrected chi connectivity index (χ2v) is 5.75. The van der Waals surface area contributed by atoms with Crippen LogP contribution in [0.25, 0.3) is 0 Å². The highest BCUT2D eigenvalue weighted by atomic mass is 79.9. The normalized spacial score (nSPS) is 10.4. The fourth-order valence-corrected chi connectivity index (χ4v) is 2.51. The third-order valence-electron chi connectivity index (χ3n) is 2.64. The molecule has 0 radical (unpaired) electrons. The van der Waals surface area contributed by atoms with Crippen molar-refractivity contribution in [2.24, 2.45) is 0 Å². The van der Waals surface area contributed by atoms with Gasteiger partial charge in [-0.3, -0.25) is 4.79 Å². The minimum absolute atomic E-state index is 0.0827. The summed E-state index contributed by atoms with van der Waals surface area (Å²) in [5.41, 5.74) is 0.499. The Morgan fingerprint density at radius 2 is 2.06 bits per heavy atom. The first kappa shape index (κ1) is 15.6. The maximum Gasteiger partial charge on any atom is 0.254 e. The first-order valence-electron chi connectivity index (χ1n) is 5.82. The van der Waals surface area contributed by atoms with E-state index in [1.54, 1.807) is 11.9 Å². The Morgan fingerprint density at radius 1 is 1.33 bits per heavy atom. The summed E-state index contributed by atoms with van der Waals surface area (Å²) in [5.74, 6) is -0.431. The van der Waals surface area contributed by atoms with Crippen molar-refractivity contribution >= 4 is 37.8 Å². The first-order valence-corrected chi connectivity index (χ1v) is 7.74. The van der Waals surface area contributed by atoms with E-state index in [0.717, 1.165) is 31.1 Å². The Morgan fingerprint density at radius 3 is 2.67 bits per heavy atom. The molecule has 5 heteroatoms. The fourth-order valence-electron chi connectivity index (χ4n) is 1.59. The fraction of sp³-hybridized carbons (Fsp3) is 0.462. The second kappa shape index (κ2) is 7.89. The smallest absolute Gasteiger partial charge is 0.254 e. The van der Waals surface area contributed by atoms with Gasteiger partial charge in [0.25, 0.3) is 5.91 Å². The second-order valence-electron chi connectivity index (χ2n) is 4.10. The Labute approximate surface area is 124 Å². The number of nitrogens with zero attached hydrogens (tertiary/aromatic N) is 1. The topological polar surface area (TPSA) is 20.3 Å². The van der Waals surface area contributed by atoms with E-state index in [1.807, 2.05) is 0 Å². The van der Waals surface area contributed by atoms with Crippen LogP contribution in [0, 0.1) is 5.82 Å². The molecule has 1 amide bonds. The maximum atomic E-state index is 12.9. The predicted octanol–water partition coefficient (Wildman–Crippen LogP) is 4.23. The third kappa shape index (κ3) is 4.69. The zero-order valence-corrected chi connectivity index (χ0v) is 13.4. The van der Waals surface area contributed by atoms with E-state index in [1.165, 1.54) is 18.2 Å². The maximum absolute atomic E-state index is 12.9. The SMILES string of the molecule is CN(CCCCCBr)C(=O)c1ccc(F)cc1Br. The summed E-state index contributed by atoms with van der Waals surface area (Å²) in [6.07, 6.45) is 3.18. The van der Waals surface area contributed by atoms with Gasteiger partial charge in [0.15, 0.2) is 0 Å². The van der Waals surface area contributed by atoms with Crippen LogP contribution in [0.3, 0.4) is 0 Å². The highest BCUT2D eigenvalue weighted by Crippen LogP contribution is 2.19. The van der Waals surface area contributed by atoms with Crippen LogP contribution in [0.15, 0.2) is 22.7 Å². The largest absolute Gasteiger partial charge is 0.342 e. The summed E-state index contributed by atoms with van der Waals surface area (Å²) < 4.78 is 13.4. The van der Waals surface area contributed by atoms with Crippen LogP contribution in [-0.4, -0.2) is 29.7 Å². The van der Waals surface area contributed by atoms with Gasteiger partial charge >= 0.3 is 0 Å². The molecule has 0 unspecified atom stereocenters. The van der Waals surface area contributed by atoms with Crippen LogP contribution in [0.4, 0.5) is 4.39 Å². The molecule has 0 aliphatic rings. The molecule has 0 bridgehead atoms. The van der Waals surface area contributed by atoms with Gasteiger partial charge in [0.05, 0.1) is 5.56 Å². The molecule has 0 saturated heterocycles. The Hall–Kier alpha value is -0.420. The number of halogens is 3. The lowest BCUT2D eigenvalue weighted by atomic mass is 10.2. The molecule has 0 aromatic heterocycles. The van der Waals surface area contributed by atoms with Gasteiger partial charge in [0, 0.05) is 23.4 Å². The summed E-state index contributed by atoms with van der Waals surface area (Å²) in [4.78, 5) is 13.8. The predicted molar refractivity (Wildman–Crippen MR) is 78.7 cm³/mol. The average molecular weight is 381 g/mol. The Bertz CT molecular complexity index is 412. The lowest BCUT2D eigenvalue weighted by Crippen LogP contribution is -2.28. The summed E-state index contributed by atoms with van der Waals surface area (Å²) in [5, 5.41) is 0.994. The number of carbonyl (C=O) groups excluding carboxylic acids is 1. The van der Waals surface area contributed by atoms with Crippen molar-refractivity contribution < 1.29 is 9.18 Å². The van der Waals surface area contributed by atoms with Crippen molar-refractivity contribution in [1.82, 2.24) is 4.90 Å². The van der Waals surface area contributed by atoms with Crippen LogP contribution < -0.4 is 0 Å². The van der Waals surface area contributed by atoms with E-state index >= 15 is 0 Å². The van der Waals surface area contributed by atoms with Gasteiger partial charge in [0.1, 0.15) is 5.82 Å². The van der Waals surface area contributed by atoms with Crippen LogP contribution >= 0.6 is 31.9 Å². The van der Waals surface area contributed by atoms with E-state index in [4.69, 9.17) is 0 Å². The van der Waals surface area contributed by atoms with Gasteiger partial charge in [-0.1, -0.05) is 22.4 Å². The molecule has 0 spiro atoms. The lowest BCUT2D eigenvalue weighted by molar-refractivity contribution is 0.0792. The van der Waals surface area contributed by atoms with E-state index < -0.39 is 0 Å². The molecule has 18 heavy (non-hydrogen) atoms. The van der Waals surface area contributed by atoms with Gasteiger partial charge < -0.3 is 4.90 Å². The number of unbranched alkanes of at least 4 members (excludes halogenated alkanes) is 2. The Balaban J connectivity index is 2.57. The van der Waals surface area contributed by atoms with Crippen LogP contribution in [-0.2, 0) is 0 Å². The average Bonchev–Trinajstić information content (AvgIpc) is 2.33. The minimum Gasteiger partial charge on any atom is -0.342 e. The molecule has 0 heterocycles. The number of alkyl halides is 1. The zero-order chi connectivity index (χ0) is 13.5. The minimum atomic E-state index is -0.349. The summed E-state index contributed by atoms with van der Waals surface area (Å²) in [6, 6.07) is 4.12. The van der Waals surface area contributed by atoms with Gasteiger partial charge in [-0.2, -0.15) is 0 Å². The van der Waals surface area contributed by atoms with Crippen molar-refractivity contribution in [3.8, 4) is 0 Å². The van der Waals surface area contributed by atoms with Gasteiger partial charge in [0.2, 0.25) is 0 Å². The molecule has 2 nitrogen and oxygen atoms in total. The van der Waals surface area contributed by atoms with Crippen LogP contribution in [0.2, 0.25) is 0 Å². The number of rotatable bonds is 6. The molecular weight excluding hydrogens is 365 g/mol. The van der Waals surface area contributed by atoms with Crippen molar-refractivity contribution in [3.63, 3.8) is 0 Å². The number of carbonyl (C=O) groups is 1. The van der Waals surface area contributed by atoms with Gasteiger partial charge in [-0.05, 0) is 47.0 Å². The molecule has 1 aromatic rings. The van der Waals surface area contributed by atoms with Crippen LogP contribution in [0.5, 0.6) is 0 Å².